The number of fused-ring (bicyclic) bond motifs is 1. The highest BCUT2D eigenvalue weighted by Crippen LogP contribution is 2.41. The first-order valence-corrected chi connectivity index (χ1v) is 32.0. The number of para-hydroxylation sites is 5. The maximum absolute atomic E-state index is 5.36. The molecule has 1 aromatic heterocycles. The van der Waals surface area contributed by atoms with Gasteiger partial charge in [0.05, 0.1) is 22.4 Å². The lowest BCUT2D eigenvalue weighted by Gasteiger charge is -2.28. The van der Waals surface area contributed by atoms with Gasteiger partial charge >= 0.3 is 0 Å². The standard InChI is InChI=1S/C81H72N6.C4H8.C2H6/c1-8-13-30-63(29-9-2)62(10-3)42-49-68(11-4)84(60-28-39-69(12-5)86(72-35-22-16-23-36-72)73-37-24-17-25-38-73)70-50-45-66(46-51-70)80-81(83-79-41-27-26-40-78(79)82-80)67-47-54-76(55-48-67)87(75-52-43-65(44-53-75)64-31-18-14-19-32-64)77-58-56-74(57-59-77)85(61(6)7)71-33-20-15-21-34-71;1-3-4-2;1-2/h8-9,11-60H,4-6,10H2,1-3,7H3;3-4H,1-2H3;1-2H3/b13-8-,29-9-,60-28+,62-42+,63-30+,68-49+,69-39+;4-3-;. The first kappa shape index (κ1) is 67.6. The zero-order valence-corrected chi connectivity index (χ0v) is 55.2. The zero-order chi connectivity index (χ0) is 65.7. The van der Waals surface area contributed by atoms with Crippen molar-refractivity contribution in [3.05, 3.63) is 376 Å². The van der Waals surface area contributed by atoms with Gasteiger partial charge < -0.3 is 19.6 Å². The van der Waals surface area contributed by atoms with Gasteiger partial charge in [0.1, 0.15) is 0 Å². The fraction of sp³-hybridized carbons (Fsp3) is 0.103. The van der Waals surface area contributed by atoms with Crippen molar-refractivity contribution in [2.24, 2.45) is 0 Å². The number of aromatic nitrogens is 2. The molecule has 0 amide bonds. The van der Waals surface area contributed by atoms with Gasteiger partial charge in [-0.1, -0.05) is 223 Å². The Morgan fingerprint density at radius 2 is 0.785 bits per heavy atom. The minimum Gasteiger partial charge on any atom is -0.317 e. The van der Waals surface area contributed by atoms with E-state index in [0.29, 0.717) is 0 Å². The number of nitrogens with zero attached hydrogens (tertiary/aromatic N) is 6. The molecule has 0 spiro atoms. The maximum Gasteiger partial charge on any atom is 0.0973 e. The fourth-order valence-electron chi connectivity index (χ4n) is 10.6. The molecule has 0 fully saturated rings. The van der Waals surface area contributed by atoms with Crippen LogP contribution in [0, 0.1) is 0 Å². The Morgan fingerprint density at radius 3 is 1.22 bits per heavy atom. The molecule has 0 radical (unpaired) electrons. The molecule has 464 valence electrons. The van der Waals surface area contributed by atoms with Crippen LogP contribution in [0.5, 0.6) is 0 Å². The first-order chi connectivity index (χ1) is 45.7. The van der Waals surface area contributed by atoms with Crippen LogP contribution >= 0.6 is 0 Å². The van der Waals surface area contributed by atoms with Crippen molar-refractivity contribution in [3.8, 4) is 33.6 Å². The van der Waals surface area contributed by atoms with Crippen LogP contribution in [0.25, 0.3) is 44.7 Å². The van der Waals surface area contributed by atoms with Crippen molar-refractivity contribution < 1.29 is 0 Å². The molecule has 0 aliphatic carbocycles. The van der Waals surface area contributed by atoms with Gasteiger partial charge in [-0.25, -0.2) is 9.97 Å². The molecule has 0 bridgehead atoms. The number of hydrogen-bond donors (Lipinski definition) is 0. The van der Waals surface area contributed by atoms with Crippen LogP contribution in [0.1, 0.15) is 61.8 Å². The minimum absolute atomic E-state index is 0.777. The summed E-state index contributed by atoms with van der Waals surface area (Å²) in [5.41, 5.74) is 20.5. The van der Waals surface area contributed by atoms with Crippen LogP contribution in [0.4, 0.5) is 45.5 Å². The average Bonchev–Trinajstić information content (AvgIpc) is 0.813. The summed E-state index contributed by atoms with van der Waals surface area (Å²) in [7, 11) is 0. The second kappa shape index (κ2) is 35.2. The predicted molar refractivity (Wildman–Crippen MR) is 405 cm³/mol. The number of allylic oxidation sites excluding steroid dienone is 16. The van der Waals surface area contributed by atoms with Gasteiger partial charge in [-0.05, 0) is 203 Å². The largest absolute Gasteiger partial charge is 0.317 e. The molecule has 0 unspecified atom stereocenters. The molecule has 0 aliphatic heterocycles. The number of anilines is 8. The minimum atomic E-state index is 0.777. The number of hydrogen-bond acceptors (Lipinski definition) is 6. The summed E-state index contributed by atoms with van der Waals surface area (Å²) in [4.78, 5) is 19.6. The summed E-state index contributed by atoms with van der Waals surface area (Å²) in [5.74, 6) is 0. The van der Waals surface area contributed by atoms with Crippen molar-refractivity contribution >= 4 is 56.5 Å². The summed E-state index contributed by atoms with van der Waals surface area (Å²) >= 11 is 0. The lowest BCUT2D eigenvalue weighted by Crippen LogP contribution is -2.15. The zero-order valence-electron chi connectivity index (χ0n) is 55.2. The molecule has 0 N–H and O–H groups in total. The summed E-state index contributed by atoms with van der Waals surface area (Å²) in [6.45, 7) is 29.3. The molecule has 93 heavy (non-hydrogen) atoms. The first-order valence-electron chi connectivity index (χ1n) is 32.0. The third-order valence-corrected chi connectivity index (χ3v) is 15.2. The second-order valence-corrected chi connectivity index (χ2v) is 21.3. The molecular formula is C87H86N6. The number of benzene rings is 9. The van der Waals surface area contributed by atoms with Crippen LogP contribution in [-0.4, -0.2) is 9.97 Å². The van der Waals surface area contributed by atoms with Gasteiger partial charge in [0, 0.05) is 79.9 Å². The lowest BCUT2D eigenvalue weighted by atomic mass is 10.0. The quantitative estimate of drug-likeness (QED) is 0.0469. The van der Waals surface area contributed by atoms with E-state index in [9.17, 15) is 0 Å². The van der Waals surface area contributed by atoms with E-state index in [4.69, 9.17) is 9.97 Å². The normalized spacial score (nSPS) is 11.9. The fourth-order valence-corrected chi connectivity index (χ4v) is 10.6. The molecule has 6 nitrogen and oxygen atoms in total. The highest BCUT2D eigenvalue weighted by atomic mass is 15.2. The average molecular weight is 1220 g/mol. The highest BCUT2D eigenvalue weighted by Gasteiger charge is 2.20. The SMILES string of the molecule is C/C=C\C.C=C\C(=C/C=C(CC)/C(/C=C\C)=C/C=C\C)N(/C=C/C=C(\C=C)N(c1ccccc1)c1ccccc1)c1ccc(-c2nc3ccccc3nc2-c2ccc(N(c3ccc(-c4ccccc4)cc3)c3ccc(N(C(=C)C)c4ccccc4)cc3)cc2)cc1.CC. The van der Waals surface area contributed by atoms with E-state index < -0.39 is 0 Å². The van der Waals surface area contributed by atoms with Gasteiger partial charge in [-0.3, -0.25) is 0 Å². The Bertz CT molecular complexity index is 4220. The van der Waals surface area contributed by atoms with E-state index in [2.05, 4.69) is 308 Å². The monoisotopic (exact) mass is 1210 g/mol. The summed E-state index contributed by atoms with van der Waals surface area (Å²) in [5, 5.41) is 0. The lowest BCUT2D eigenvalue weighted by molar-refractivity contribution is 1.12. The van der Waals surface area contributed by atoms with E-state index in [0.717, 1.165) is 114 Å². The van der Waals surface area contributed by atoms with Gasteiger partial charge in [0.2, 0.25) is 0 Å². The van der Waals surface area contributed by atoms with Crippen LogP contribution in [-0.2, 0) is 0 Å². The Hall–Kier alpha value is -11.3. The van der Waals surface area contributed by atoms with Gasteiger partial charge in [0.15, 0.2) is 0 Å². The molecule has 6 heteroatoms. The van der Waals surface area contributed by atoms with Crippen molar-refractivity contribution in [1.82, 2.24) is 9.97 Å². The molecule has 0 saturated carbocycles. The van der Waals surface area contributed by atoms with Crippen molar-refractivity contribution in [2.45, 2.75) is 61.8 Å². The molecule has 0 atom stereocenters. The molecule has 0 aliphatic rings. The van der Waals surface area contributed by atoms with E-state index in [1.165, 1.54) is 11.1 Å². The van der Waals surface area contributed by atoms with Crippen LogP contribution < -0.4 is 19.6 Å². The second-order valence-electron chi connectivity index (χ2n) is 21.3. The Kier molecular flexibility index (Phi) is 25.6. The predicted octanol–water partition coefficient (Wildman–Crippen LogP) is 25.1. The molecule has 0 saturated heterocycles. The molecular weight excluding hydrogens is 1130 g/mol. The Balaban J connectivity index is 0.00000178. The van der Waals surface area contributed by atoms with Crippen LogP contribution in [0.15, 0.2) is 376 Å². The molecule has 9 aromatic carbocycles. The van der Waals surface area contributed by atoms with Crippen molar-refractivity contribution in [2.75, 3.05) is 19.6 Å². The Labute approximate surface area is 554 Å². The third kappa shape index (κ3) is 17.5. The third-order valence-electron chi connectivity index (χ3n) is 15.2. The topological polar surface area (TPSA) is 38.7 Å². The summed E-state index contributed by atoms with van der Waals surface area (Å²) in [6.07, 6.45) is 29.8. The maximum atomic E-state index is 5.36. The summed E-state index contributed by atoms with van der Waals surface area (Å²) in [6, 6.07) is 84.3. The smallest absolute Gasteiger partial charge is 0.0973 e. The Morgan fingerprint density at radius 1 is 0.387 bits per heavy atom. The molecule has 10 aromatic rings. The van der Waals surface area contributed by atoms with Crippen molar-refractivity contribution in [1.29, 1.82) is 0 Å². The van der Waals surface area contributed by atoms with E-state index >= 15 is 0 Å². The highest BCUT2D eigenvalue weighted by molar-refractivity contribution is 5.88. The van der Waals surface area contributed by atoms with Gasteiger partial charge in [-0.15, -0.1) is 0 Å². The number of rotatable bonds is 23. The van der Waals surface area contributed by atoms with E-state index in [1.807, 2.05) is 114 Å². The van der Waals surface area contributed by atoms with Gasteiger partial charge in [0.25, 0.3) is 0 Å². The van der Waals surface area contributed by atoms with Crippen LogP contribution in [0.2, 0.25) is 0 Å². The summed E-state index contributed by atoms with van der Waals surface area (Å²) < 4.78 is 0. The molecule has 10 rings (SSSR count). The van der Waals surface area contributed by atoms with Crippen LogP contribution in [0.3, 0.4) is 0 Å². The van der Waals surface area contributed by atoms with Gasteiger partial charge in [-0.2, -0.15) is 0 Å². The van der Waals surface area contributed by atoms with Crippen molar-refractivity contribution in [3.63, 3.8) is 0 Å². The molecule has 1 heterocycles. The van der Waals surface area contributed by atoms with E-state index in [-0.39, 0.29) is 0 Å². The van der Waals surface area contributed by atoms with E-state index in [1.54, 1.807) is 0 Å².